The van der Waals surface area contributed by atoms with Gasteiger partial charge in [-0.15, -0.1) is 0 Å². The first kappa shape index (κ1) is 15.4. The summed E-state index contributed by atoms with van der Waals surface area (Å²) in [6.07, 6.45) is 3.74. The van der Waals surface area contributed by atoms with E-state index in [1.165, 1.54) is 0 Å². The molecule has 0 aliphatic heterocycles. The normalized spacial score (nSPS) is 11.4. The van der Waals surface area contributed by atoms with E-state index in [1.807, 2.05) is 19.1 Å². The van der Waals surface area contributed by atoms with Gasteiger partial charge in [0.25, 0.3) is 0 Å². The molecule has 0 aliphatic rings. The molecule has 0 amide bonds. The number of hydrogen-bond acceptors (Lipinski definition) is 4. The third-order valence-corrected chi connectivity index (χ3v) is 5.20. The van der Waals surface area contributed by atoms with Crippen LogP contribution in [-0.4, -0.2) is 32.7 Å². The van der Waals surface area contributed by atoms with Crippen molar-refractivity contribution < 1.29 is 8.42 Å². The Labute approximate surface area is 114 Å². The summed E-state index contributed by atoms with van der Waals surface area (Å²) in [5, 5.41) is 3.22. The highest BCUT2D eigenvalue weighted by molar-refractivity contribution is 7.98. The van der Waals surface area contributed by atoms with Crippen molar-refractivity contribution in [2.75, 3.05) is 29.6 Å². The predicted octanol–water partition coefficient (Wildman–Crippen LogP) is 3.04. The summed E-state index contributed by atoms with van der Waals surface area (Å²) < 4.78 is 24.2. The van der Waals surface area contributed by atoms with Gasteiger partial charge in [-0.1, -0.05) is 19.1 Å². The largest absolute Gasteiger partial charge is 0.384 e. The summed E-state index contributed by atoms with van der Waals surface area (Å²) in [6, 6.07) is 7.15. The van der Waals surface area contributed by atoms with Gasteiger partial charge in [0.05, 0.1) is 16.3 Å². The van der Waals surface area contributed by atoms with Gasteiger partial charge >= 0.3 is 0 Å². The highest BCUT2D eigenvalue weighted by atomic mass is 32.2. The van der Waals surface area contributed by atoms with Crippen molar-refractivity contribution in [2.45, 2.75) is 24.7 Å². The Hall–Kier alpha value is -0.680. The summed E-state index contributed by atoms with van der Waals surface area (Å²) in [6.45, 7) is 2.69. The number of benzene rings is 1. The smallest absolute Gasteiger partial charge is 0.180 e. The molecule has 0 aromatic heterocycles. The van der Waals surface area contributed by atoms with E-state index >= 15 is 0 Å². The summed E-state index contributed by atoms with van der Waals surface area (Å²) in [5.74, 6) is 1.29. The quantitative estimate of drug-likeness (QED) is 0.747. The highest BCUT2D eigenvalue weighted by Gasteiger charge is 2.16. The lowest BCUT2D eigenvalue weighted by molar-refractivity contribution is 0.595. The highest BCUT2D eigenvalue weighted by Crippen LogP contribution is 2.22. The molecule has 3 nitrogen and oxygen atoms in total. The lowest BCUT2D eigenvalue weighted by Crippen LogP contribution is -2.11. The number of thioether (sulfide) groups is 1. The van der Waals surface area contributed by atoms with Crippen LogP contribution in [0, 0.1) is 0 Å². The molecule has 0 fully saturated rings. The molecule has 0 aliphatic carbocycles. The van der Waals surface area contributed by atoms with Crippen molar-refractivity contribution in [3.8, 4) is 0 Å². The maximum atomic E-state index is 12.1. The van der Waals surface area contributed by atoms with Crippen LogP contribution in [-0.2, 0) is 9.84 Å². The Kier molecular flexibility index (Phi) is 6.57. The molecule has 0 unspecified atom stereocenters. The second kappa shape index (κ2) is 7.69. The van der Waals surface area contributed by atoms with E-state index in [9.17, 15) is 8.42 Å². The van der Waals surface area contributed by atoms with Crippen LogP contribution in [0.25, 0.3) is 0 Å². The molecule has 1 rings (SSSR count). The molecule has 0 radical (unpaired) electrons. The van der Waals surface area contributed by atoms with E-state index in [0.717, 1.165) is 24.4 Å². The molecule has 0 saturated carbocycles. The van der Waals surface area contributed by atoms with Gasteiger partial charge in [-0.2, -0.15) is 11.8 Å². The molecule has 0 saturated heterocycles. The maximum Gasteiger partial charge on any atom is 0.180 e. The summed E-state index contributed by atoms with van der Waals surface area (Å²) in [5.41, 5.74) is 0.729. The second-order valence-electron chi connectivity index (χ2n) is 4.09. The Bertz CT molecular complexity index is 458. The Balaban J connectivity index is 2.80. The number of rotatable bonds is 8. The first-order valence-electron chi connectivity index (χ1n) is 6.16. The lowest BCUT2D eigenvalue weighted by atomic mass is 10.3. The lowest BCUT2D eigenvalue weighted by Gasteiger charge is -2.11. The zero-order chi connectivity index (χ0) is 13.4. The Morgan fingerprint density at radius 2 is 2.00 bits per heavy atom. The van der Waals surface area contributed by atoms with Crippen LogP contribution in [0.1, 0.15) is 19.8 Å². The summed E-state index contributed by atoms with van der Waals surface area (Å²) in [4.78, 5) is 0.427. The van der Waals surface area contributed by atoms with Crippen molar-refractivity contribution in [3.63, 3.8) is 0 Å². The Morgan fingerprint density at radius 1 is 1.28 bits per heavy atom. The molecule has 102 valence electrons. The first-order chi connectivity index (χ1) is 8.61. The average Bonchev–Trinajstić information content (AvgIpc) is 2.35. The summed E-state index contributed by atoms with van der Waals surface area (Å²) in [7, 11) is -3.15. The molecule has 0 atom stereocenters. The minimum Gasteiger partial charge on any atom is -0.384 e. The number of para-hydroxylation sites is 1. The molecular weight excluding hydrogens is 266 g/mol. The third-order valence-electron chi connectivity index (χ3n) is 2.54. The van der Waals surface area contributed by atoms with Crippen LogP contribution in [0.5, 0.6) is 0 Å². The van der Waals surface area contributed by atoms with Gasteiger partial charge in [0.1, 0.15) is 0 Å². The van der Waals surface area contributed by atoms with E-state index in [1.54, 1.807) is 23.9 Å². The number of anilines is 1. The molecule has 1 aromatic rings. The minimum absolute atomic E-state index is 0.205. The first-order valence-corrected chi connectivity index (χ1v) is 9.21. The van der Waals surface area contributed by atoms with Crippen molar-refractivity contribution in [2.24, 2.45) is 0 Å². The monoisotopic (exact) mass is 287 g/mol. The summed E-state index contributed by atoms with van der Waals surface area (Å²) >= 11 is 1.80. The fourth-order valence-corrected chi connectivity index (χ4v) is 3.65. The second-order valence-corrected chi connectivity index (χ2v) is 7.15. The molecule has 0 spiro atoms. The Morgan fingerprint density at radius 3 is 2.67 bits per heavy atom. The van der Waals surface area contributed by atoms with Crippen LogP contribution < -0.4 is 5.32 Å². The van der Waals surface area contributed by atoms with Crippen LogP contribution in [0.3, 0.4) is 0 Å². The molecule has 18 heavy (non-hydrogen) atoms. The number of nitrogens with one attached hydrogen (secondary N) is 1. The van der Waals surface area contributed by atoms with E-state index < -0.39 is 9.84 Å². The topological polar surface area (TPSA) is 46.2 Å². The number of hydrogen-bond donors (Lipinski definition) is 1. The van der Waals surface area contributed by atoms with Crippen molar-refractivity contribution in [3.05, 3.63) is 24.3 Å². The van der Waals surface area contributed by atoms with Crippen LogP contribution in [0.2, 0.25) is 0 Å². The minimum atomic E-state index is -3.15. The van der Waals surface area contributed by atoms with Crippen LogP contribution in [0.15, 0.2) is 29.2 Å². The molecule has 0 bridgehead atoms. The van der Waals surface area contributed by atoms with Gasteiger partial charge in [-0.05, 0) is 37.0 Å². The van der Waals surface area contributed by atoms with Gasteiger partial charge in [0.15, 0.2) is 9.84 Å². The molecule has 1 aromatic carbocycles. The zero-order valence-corrected chi connectivity index (χ0v) is 12.6. The molecule has 5 heteroatoms. The van der Waals surface area contributed by atoms with Crippen LogP contribution in [0.4, 0.5) is 5.69 Å². The fourth-order valence-electron chi connectivity index (χ4n) is 1.70. The molecule has 0 heterocycles. The zero-order valence-electron chi connectivity index (χ0n) is 11.0. The van der Waals surface area contributed by atoms with E-state index in [-0.39, 0.29) is 5.75 Å². The molecule has 1 N–H and O–H groups in total. The van der Waals surface area contributed by atoms with Gasteiger partial charge in [0, 0.05) is 6.54 Å². The van der Waals surface area contributed by atoms with Gasteiger partial charge in [0.2, 0.25) is 0 Å². The fraction of sp³-hybridized carbons (Fsp3) is 0.538. The van der Waals surface area contributed by atoms with E-state index in [2.05, 4.69) is 11.6 Å². The number of sulfone groups is 1. The van der Waals surface area contributed by atoms with E-state index in [4.69, 9.17) is 0 Å². The molecular formula is C13H21NO2S2. The average molecular weight is 287 g/mol. The standard InChI is InChI=1S/C13H21NO2S2/c1-3-11-18(15,16)13-8-5-4-7-12(13)14-9-6-10-17-2/h4-5,7-8,14H,3,6,9-11H2,1-2H3. The van der Waals surface area contributed by atoms with Crippen LogP contribution >= 0.6 is 11.8 Å². The van der Waals surface area contributed by atoms with Crippen molar-refractivity contribution in [1.29, 1.82) is 0 Å². The van der Waals surface area contributed by atoms with Crippen molar-refractivity contribution >= 4 is 27.3 Å². The van der Waals surface area contributed by atoms with Gasteiger partial charge in [-0.3, -0.25) is 0 Å². The van der Waals surface area contributed by atoms with Gasteiger partial charge < -0.3 is 5.32 Å². The maximum absolute atomic E-state index is 12.1. The predicted molar refractivity (Wildman–Crippen MR) is 80.3 cm³/mol. The van der Waals surface area contributed by atoms with E-state index in [0.29, 0.717) is 11.3 Å². The van der Waals surface area contributed by atoms with Crippen molar-refractivity contribution in [1.82, 2.24) is 0 Å². The van der Waals surface area contributed by atoms with Gasteiger partial charge in [-0.25, -0.2) is 8.42 Å². The SMILES string of the molecule is CCCS(=O)(=O)c1ccccc1NCCCSC. The third kappa shape index (κ3) is 4.53.